The van der Waals surface area contributed by atoms with Crippen molar-refractivity contribution in [1.29, 1.82) is 0 Å². The number of para-hydroxylation sites is 1. The summed E-state index contributed by atoms with van der Waals surface area (Å²) in [6.45, 7) is 4.07. The van der Waals surface area contributed by atoms with Crippen LogP contribution in [0.15, 0.2) is 54.9 Å². The molecule has 0 saturated carbocycles. The fraction of sp³-hybridized carbons (Fsp3) is 0.238. The van der Waals surface area contributed by atoms with E-state index in [1.165, 1.54) is 0 Å². The maximum absolute atomic E-state index is 12.8. The third kappa shape index (κ3) is 4.28. The van der Waals surface area contributed by atoms with Crippen LogP contribution in [0.3, 0.4) is 0 Å². The van der Waals surface area contributed by atoms with E-state index < -0.39 is 12.1 Å². The topological polar surface area (TPSA) is 81.2 Å². The monoisotopic (exact) mass is 363 g/mol. The first-order valence-corrected chi connectivity index (χ1v) is 8.89. The lowest BCUT2D eigenvalue weighted by molar-refractivity contribution is -0.129. The van der Waals surface area contributed by atoms with Crippen LogP contribution in [-0.2, 0) is 9.53 Å². The largest absolute Gasteiger partial charge is 0.449 e. The second kappa shape index (κ2) is 8.40. The number of fused-ring (bicyclic) bond motifs is 1. The molecule has 0 radical (unpaired) electrons. The number of carbonyl (C=O) groups excluding carboxylic acids is 2. The van der Waals surface area contributed by atoms with Gasteiger partial charge in [0, 0.05) is 29.9 Å². The Labute approximate surface area is 157 Å². The van der Waals surface area contributed by atoms with Crippen LogP contribution < -0.4 is 5.32 Å². The molecule has 138 valence electrons. The molecule has 6 nitrogen and oxygen atoms in total. The van der Waals surface area contributed by atoms with Crippen molar-refractivity contribution < 1.29 is 14.3 Å². The molecule has 0 saturated heterocycles. The van der Waals surface area contributed by atoms with Crippen LogP contribution in [0.5, 0.6) is 0 Å². The maximum atomic E-state index is 12.8. The SMILES string of the molecule is CCCNC(=O)[C@H](C)OC(=O)c1cc(-c2cccnc2)nc2ccccc12. The van der Waals surface area contributed by atoms with Crippen molar-refractivity contribution in [2.45, 2.75) is 26.4 Å². The summed E-state index contributed by atoms with van der Waals surface area (Å²) in [6.07, 6.45) is 3.30. The molecule has 1 atom stereocenters. The van der Waals surface area contributed by atoms with E-state index in [2.05, 4.69) is 15.3 Å². The third-order valence-corrected chi connectivity index (χ3v) is 4.10. The number of esters is 1. The molecule has 1 N–H and O–H groups in total. The average molecular weight is 363 g/mol. The van der Waals surface area contributed by atoms with E-state index in [1.807, 2.05) is 43.3 Å². The normalized spacial score (nSPS) is 11.8. The Hall–Kier alpha value is -3.28. The number of carbonyl (C=O) groups is 2. The highest BCUT2D eigenvalue weighted by molar-refractivity contribution is 6.05. The zero-order valence-electron chi connectivity index (χ0n) is 15.3. The molecule has 0 unspecified atom stereocenters. The maximum Gasteiger partial charge on any atom is 0.339 e. The second-order valence-corrected chi connectivity index (χ2v) is 6.15. The first-order chi connectivity index (χ1) is 13.1. The van der Waals surface area contributed by atoms with Crippen LogP contribution in [0, 0.1) is 0 Å². The zero-order valence-corrected chi connectivity index (χ0v) is 15.3. The minimum atomic E-state index is -0.877. The predicted molar refractivity (Wildman–Crippen MR) is 103 cm³/mol. The summed E-state index contributed by atoms with van der Waals surface area (Å²) in [4.78, 5) is 33.5. The summed E-state index contributed by atoms with van der Waals surface area (Å²) in [6, 6.07) is 12.7. The van der Waals surface area contributed by atoms with Crippen LogP contribution in [0.1, 0.15) is 30.6 Å². The molecule has 27 heavy (non-hydrogen) atoms. The Morgan fingerprint density at radius 2 is 2.00 bits per heavy atom. The first kappa shape index (κ1) is 18.5. The quantitative estimate of drug-likeness (QED) is 0.679. The molecule has 2 aromatic heterocycles. The van der Waals surface area contributed by atoms with Gasteiger partial charge in [-0.15, -0.1) is 0 Å². The van der Waals surface area contributed by atoms with Crippen LogP contribution >= 0.6 is 0 Å². The van der Waals surface area contributed by atoms with Crippen molar-refractivity contribution >= 4 is 22.8 Å². The van der Waals surface area contributed by atoms with Gasteiger partial charge in [0.1, 0.15) is 0 Å². The summed E-state index contributed by atoms with van der Waals surface area (Å²) in [7, 11) is 0. The molecule has 1 amide bonds. The van der Waals surface area contributed by atoms with Gasteiger partial charge in [0.2, 0.25) is 0 Å². The van der Waals surface area contributed by atoms with E-state index in [-0.39, 0.29) is 5.91 Å². The Kier molecular flexibility index (Phi) is 5.76. The number of hydrogen-bond donors (Lipinski definition) is 1. The van der Waals surface area contributed by atoms with Crippen molar-refractivity contribution in [3.63, 3.8) is 0 Å². The Morgan fingerprint density at radius 3 is 2.74 bits per heavy atom. The van der Waals surface area contributed by atoms with Crippen molar-refractivity contribution in [3.8, 4) is 11.3 Å². The molecule has 0 fully saturated rings. The Bertz CT molecular complexity index is 957. The average Bonchev–Trinajstić information content (AvgIpc) is 2.71. The molecule has 0 aliphatic heterocycles. The number of pyridine rings is 2. The standard InChI is InChI=1S/C21H21N3O3/c1-3-10-23-20(25)14(2)27-21(26)17-12-19(15-7-6-11-22-13-15)24-18-9-5-4-8-16(17)18/h4-9,11-14H,3,10H2,1-2H3,(H,23,25)/t14-/m0/s1. The predicted octanol–water partition coefficient (Wildman–Crippen LogP) is 3.37. The number of nitrogens with one attached hydrogen (secondary N) is 1. The van der Waals surface area contributed by atoms with Gasteiger partial charge < -0.3 is 10.1 Å². The highest BCUT2D eigenvalue weighted by Gasteiger charge is 2.21. The zero-order chi connectivity index (χ0) is 19.2. The van der Waals surface area contributed by atoms with Crippen molar-refractivity contribution in [2.24, 2.45) is 0 Å². The van der Waals surface area contributed by atoms with E-state index in [0.717, 1.165) is 12.0 Å². The molecule has 3 rings (SSSR count). The Balaban J connectivity index is 1.95. The molecule has 0 aliphatic carbocycles. The molecular formula is C21H21N3O3. The van der Waals surface area contributed by atoms with Gasteiger partial charge >= 0.3 is 5.97 Å². The van der Waals surface area contributed by atoms with Gasteiger partial charge in [0.25, 0.3) is 5.91 Å². The van der Waals surface area contributed by atoms with Gasteiger partial charge in [0.15, 0.2) is 6.10 Å². The molecule has 1 aromatic carbocycles. The van der Waals surface area contributed by atoms with Crippen LogP contribution in [0.25, 0.3) is 22.2 Å². The van der Waals surface area contributed by atoms with E-state index in [9.17, 15) is 9.59 Å². The van der Waals surface area contributed by atoms with Crippen molar-refractivity contribution in [3.05, 3.63) is 60.4 Å². The van der Waals surface area contributed by atoms with Crippen LogP contribution in [-0.4, -0.2) is 34.5 Å². The fourth-order valence-electron chi connectivity index (χ4n) is 2.68. The van der Waals surface area contributed by atoms with Crippen molar-refractivity contribution in [1.82, 2.24) is 15.3 Å². The summed E-state index contributed by atoms with van der Waals surface area (Å²) in [5.74, 6) is -0.867. The summed E-state index contributed by atoms with van der Waals surface area (Å²) in [5.41, 5.74) is 2.46. The van der Waals surface area contributed by atoms with Crippen molar-refractivity contribution in [2.75, 3.05) is 6.54 Å². The van der Waals surface area contributed by atoms with Gasteiger partial charge in [-0.3, -0.25) is 9.78 Å². The smallest absolute Gasteiger partial charge is 0.339 e. The number of benzene rings is 1. The number of ether oxygens (including phenoxy) is 1. The minimum absolute atomic E-state index is 0.309. The molecule has 3 aromatic rings. The lowest BCUT2D eigenvalue weighted by Crippen LogP contribution is -2.36. The van der Waals surface area contributed by atoms with Crippen LogP contribution in [0.2, 0.25) is 0 Å². The number of nitrogens with zero attached hydrogens (tertiary/aromatic N) is 2. The van der Waals surface area contributed by atoms with Gasteiger partial charge in [-0.05, 0) is 37.6 Å². The number of aromatic nitrogens is 2. The van der Waals surface area contributed by atoms with E-state index in [4.69, 9.17) is 4.74 Å². The Morgan fingerprint density at radius 1 is 1.19 bits per heavy atom. The van der Waals surface area contributed by atoms with Gasteiger partial charge in [0.05, 0.1) is 16.8 Å². The summed E-state index contributed by atoms with van der Waals surface area (Å²) >= 11 is 0. The van der Waals surface area contributed by atoms with E-state index in [1.54, 1.807) is 25.4 Å². The number of amides is 1. The van der Waals surface area contributed by atoms with E-state index in [0.29, 0.717) is 28.7 Å². The second-order valence-electron chi connectivity index (χ2n) is 6.15. The molecule has 0 aliphatic rings. The summed E-state index contributed by atoms with van der Waals surface area (Å²) in [5, 5.41) is 3.40. The summed E-state index contributed by atoms with van der Waals surface area (Å²) < 4.78 is 5.40. The highest BCUT2D eigenvalue weighted by Crippen LogP contribution is 2.25. The van der Waals surface area contributed by atoms with Gasteiger partial charge in [-0.25, -0.2) is 9.78 Å². The molecule has 6 heteroatoms. The van der Waals surface area contributed by atoms with E-state index >= 15 is 0 Å². The third-order valence-electron chi connectivity index (χ3n) is 4.10. The first-order valence-electron chi connectivity index (χ1n) is 8.89. The number of rotatable bonds is 6. The minimum Gasteiger partial charge on any atom is -0.449 e. The molecular weight excluding hydrogens is 342 g/mol. The molecule has 0 bridgehead atoms. The molecule has 0 spiro atoms. The fourth-order valence-corrected chi connectivity index (χ4v) is 2.68. The van der Waals surface area contributed by atoms with Gasteiger partial charge in [-0.1, -0.05) is 25.1 Å². The lowest BCUT2D eigenvalue weighted by atomic mass is 10.0. The highest BCUT2D eigenvalue weighted by atomic mass is 16.5. The lowest BCUT2D eigenvalue weighted by Gasteiger charge is -2.14. The van der Waals surface area contributed by atoms with Gasteiger partial charge in [-0.2, -0.15) is 0 Å². The number of hydrogen-bond acceptors (Lipinski definition) is 5. The molecule has 2 heterocycles. The van der Waals surface area contributed by atoms with Crippen LogP contribution in [0.4, 0.5) is 0 Å².